The molecule has 0 bridgehead atoms. The molecule has 2 heterocycles. The number of rotatable bonds is 2. The number of hydrogen-bond donors (Lipinski definition) is 1. The fourth-order valence-corrected chi connectivity index (χ4v) is 3.38. The first-order valence-corrected chi connectivity index (χ1v) is 7.46. The Bertz CT molecular complexity index is 386. The van der Waals surface area contributed by atoms with Gasteiger partial charge in [0.15, 0.2) is 5.82 Å². The minimum absolute atomic E-state index is 0.530. The molecule has 4 nitrogen and oxygen atoms in total. The van der Waals surface area contributed by atoms with E-state index in [4.69, 9.17) is 4.98 Å². The van der Waals surface area contributed by atoms with Crippen molar-refractivity contribution < 1.29 is 0 Å². The van der Waals surface area contributed by atoms with E-state index in [1.807, 2.05) is 4.68 Å². The number of aromatic nitrogens is 3. The van der Waals surface area contributed by atoms with Gasteiger partial charge in [-0.3, -0.25) is 4.68 Å². The van der Waals surface area contributed by atoms with Crippen molar-refractivity contribution in [2.75, 3.05) is 13.1 Å². The number of nitrogens with one attached hydrogen (secondary N) is 1. The minimum atomic E-state index is 0.530. The van der Waals surface area contributed by atoms with Crippen molar-refractivity contribution in [2.45, 2.75) is 56.8 Å². The van der Waals surface area contributed by atoms with E-state index in [9.17, 15) is 0 Å². The SMILES string of the molecule is Cn1nc(C2CCCNC2)nc1C1CCCCC1. The van der Waals surface area contributed by atoms with E-state index in [0.717, 1.165) is 18.9 Å². The monoisotopic (exact) mass is 248 g/mol. The Morgan fingerprint density at radius 2 is 1.83 bits per heavy atom. The average molecular weight is 248 g/mol. The molecule has 1 unspecified atom stereocenters. The lowest BCUT2D eigenvalue weighted by Crippen LogP contribution is -2.29. The smallest absolute Gasteiger partial charge is 0.155 e. The van der Waals surface area contributed by atoms with Gasteiger partial charge in [0, 0.05) is 25.4 Å². The van der Waals surface area contributed by atoms with Gasteiger partial charge in [0.25, 0.3) is 0 Å². The van der Waals surface area contributed by atoms with Crippen LogP contribution in [0.15, 0.2) is 0 Å². The van der Waals surface area contributed by atoms with Crippen LogP contribution < -0.4 is 5.32 Å². The summed E-state index contributed by atoms with van der Waals surface area (Å²) < 4.78 is 2.04. The summed E-state index contributed by atoms with van der Waals surface area (Å²) in [6.45, 7) is 2.20. The van der Waals surface area contributed by atoms with Crippen molar-refractivity contribution in [2.24, 2.45) is 7.05 Å². The molecule has 1 N–H and O–H groups in total. The normalized spacial score (nSPS) is 26.4. The summed E-state index contributed by atoms with van der Waals surface area (Å²) in [6.07, 6.45) is 9.20. The molecule has 4 heteroatoms. The first kappa shape index (κ1) is 12.2. The molecule has 2 fully saturated rings. The summed E-state index contributed by atoms with van der Waals surface area (Å²) in [5.74, 6) is 3.49. The number of nitrogens with zero attached hydrogens (tertiary/aromatic N) is 3. The van der Waals surface area contributed by atoms with Crippen LogP contribution in [0.4, 0.5) is 0 Å². The molecule has 0 radical (unpaired) electrons. The molecule has 0 spiro atoms. The molecule has 1 aromatic heterocycles. The maximum absolute atomic E-state index is 4.87. The van der Waals surface area contributed by atoms with Crippen LogP contribution in [0.1, 0.15) is 68.4 Å². The lowest BCUT2D eigenvalue weighted by atomic mass is 9.88. The Balaban J connectivity index is 1.76. The van der Waals surface area contributed by atoms with Crippen LogP contribution in [0.25, 0.3) is 0 Å². The van der Waals surface area contributed by atoms with E-state index in [-0.39, 0.29) is 0 Å². The van der Waals surface area contributed by atoms with Crippen LogP contribution in [-0.4, -0.2) is 27.9 Å². The molecule has 1 aliphatic heterocycles. The highest BCUT2D eigenvalue weighted by molar-refractivity contribution is 5.06. The zero-order valence-electron chi connectivity index (χ0n) is 11.4. The highest BCUT2D eigenvalue weighted by Crippen LogP contribution is 2.32. The van der Waals surface area contributed by atoms with Crippen molar-refractivity contribution in [1.82, 2.24) is 20.1 Å². The first-order chi connectivity index (χ1) is 8.84. The largest absolute Gasteiger partial charge is 0.316 e. The van der Waals surface area contributed by atoms with E-state index >= 15 is 0 Å². The maximum Gasteiger partial charge on any atom is 0.155 e. The number of hydrogen-bond acceptors (Lipinski definition) is 3. The molecule has 100 valence electrons. The van der Waals surface area contributed by atoms with Crippen LogP contribution in [0.3, 0.4) is 0 Å². The van der Waals surface area contributed by atoms with Gasteiger partial charge < -0.3 is 5.32 Å². The van der Waals surface area contributed by atoms with E-state index < -0.39 is 0 Å². The van der Waals surface area contributed by atoms with Crippen molar-refractivity contribution in [1.29, 1.82) is 0 Å². The maximum atomic E-state index is 4.87. The second kappa shape index (κ2) is 5.39. The van der Waals surface area contributed by atoms with Gasteiger partial charge in [-0.15, -0.1) is 0 Å². The molecule has 0 aromatic carbocycles. The van der Waals surface area contributed by atoms with Crippen molar-refractivity contribution in [3.8, 4) is 0 Å². The lowest BCUT2D eigenvalue weighted by Gasteiger charge is -2.20. The number of piperidine rings is 1. The molecule has 2 aliphatic rings. The molecule has 0 amide bonds. The first-order valence-electron chi connectivity index (χ1n) is 7.46. The zero-order chi connectivity index (χ0) is 12.4. The predicted molar refractivity (Wildman–Crippen MR) is 71.7 cm³/mol. The summed E-state index contributed by atoms with van der Waals surface area (Å²) in [7, 11) is 2.07. The predicted octanol–water partition coefficient (Wildman–Crippen LogP) is 2.33. The molecular formula is C14H24N4. The van der Waals surface area contributed by atoms with Gasteiger partial charge >= 0.3 is 0 Å². The molecule has 1 aliphatic carbocycles. The van der Waals surface area contributed by atoms with Crippen LogP contribution >= 0.6 is 0 Å². The van der Waals surface area contributed by atoms with E-state index in [2.05, 4.69) is 17.5 Å². The summed E-state index contributed by atoms with van der Waals surface area (Å²) >= 11 is 0. The molecule has 1 saturated carbocycles. The molecule has 1 saturated heterocycles. The number of aryl methyl sites for hydroxylation is 1. The van der Waals surface area contributed by atoms with Gasteiger partial charge in [0.05, 0.1) is 0 Å². The Labute approximate surface area is 109 Å². The van der Waals surface area contributed by atoms with Crippen LogP contribution in [0.2, 0.25) is 0 Å². The summed E-state index contributed by atoms with van der Waals surface area (Å²) in [4.78, 5) is 4.87. The third kappa shape index (κ3) is 2.44. The Hall–Kier alpha value is -0.900. The van der Waals surface area contributed by atoms with E-state index in [1.54, 1.807) is 0 Å². The summed E-state index contributed by atoms with van der Waals surface area (Å²) in [6, 6.07) is 0. The van der Waals surface area contributed by atoms with Crippen molar-refractivity contribution >= 4 is 0 Å². The van der Waals surface area contributed by atoms with Gasteiger partial charge in [-0.2, -0.15) is 5.10 Å². The van der Waals surface area contributed by atoms with E-state index in [0.29, 0.717) is 11.8 Å². The highest BCUT2D eigenvalue weighted by atomic mass is 15.3. The molecule has 18 heavy (non-hydrogen) atoms. The second-order valence-electron chi connectivity index (χ2n) is 5.83. The highest BCUT2D eigenvalue weighted by Gasteiger charge is 2.25. The third-order valence-electron chi connectivity index (χ3n) is 4.45. The Morgan fingerprint density at radius 1 is 1.06 bits per heavy atom. The fourth-order valence-electron chi connectivity index (χ4n) is 3.38. The van der Waals surface area contributed by atoms with Crippen molar-refractivity contribution in [3.05, 3.63) is 11.6 Å². The fraction of sp³-hybridized carbons (Fsp3) is 0.857. The molecular weight excluding hydrogens is 224 g/mol. The van der Waals surface area contributed by atoms with Crippen molar-refractivity contribution in [3.63, 3.8) is 0 Å². The van der Waals surface area contributed by atoms with Gasteiger partial charge in [0.1, 0.15) is 5.82 Å². The Morgan fingerprint density at radius 3 is 2.56 bits per heavy atom. The quantitative estimate of drug-likeness (QED) is 0.873. The minimum Gasteiger partial charge on any atom is -0.316 e. The van der Waals surface area contributed by atoms with Gasteiger partial charge in [-0.25, -0.2) is 4.98 Å². The molecule has 1 aromatic rings. The van der Waals surface area contributed by atoms with Crippen LogP contribution in [-0.2, 0) is 7.05 Å². The third-order valence-corrected chi connectivity index (χ3v) is 4.45. The second-order valence-corrected chi connectivity index (χ2v) is 5.83. The van der Waals surface area contributed by atoms with Crippen LogP contribution in [0, 0.1) is 0 Å². The van der Waals surface area contributed by atoms with Gasteiger partial charge in [0.2, 0.25) is 0 Å². The summed E-state index contributed by atoms with van der Waals surface area (Å²) in [5.41, 5.74) is 0. The lowest BCUT2D eigenvalue weighted by molar-refractivity contribution is 0.417. The zero-order valence-corrected chi connectivity index (χ0v) is 11.4. The Kier molecular flexibility index (Phi) is 3.64. The summed E-state index contributed by atoms with van der Waals surface area (Å²) in [5, 5.41) is 8.13. The van der Waals surface area contributed by atoms with Crippen LogP contribution in [0.5, 0.6) is 0 Å². The average Bonchev–Trinajstić information content (AvgIpc) is 2.83. The van der Waals surface area contributed by atoms with E-state index in [1.165, 1.54) is 50.8 Å². The topological polar surface area (TPSA) is 42.7 Å². The molecule has 1 atom stereocenters. The molecule has 3 rings (SSSR count). The van der Waals surface area contributed by atoms with Gasteiger partial charge in [-0.1, -0.05) is 19.3 Å². The standard InChI is InChI=1S/C14H24N4/c1-18-14(11-6-3-2-4-7-11)16-13(17-18)12-8-5-9-15-10-12/h11-12,15H,2-10H2,1H3. The van der Waals surface area contributed by atoms with Gasteiger partial charge in [-0.05, 0) is 32.2 Å².